The van der Waals surface area contributed by atoms with Crippen LogP contribution in [0.15, 0.2) is 54.6 Å². The van der Waals surface area contributed by atoms with Gasteiger partial charge in [-0.3, -0.25) is 9.69 Å². The molecule has 2 atom stereocenters. The Labute approximate surface area is 227 Å². The molecular formula is C29H29Cl2NO5. The number of carbonyl (C=O) groups excluding carboxylic acids is 1. The first-order valence-corrected chi connectivity index (χ1v) is 13.0. The van der Waals surface area contributed by atoms with Crippen molar-refractivity contribution in [2.45, 2.75) is 51.6 Å². The van der Waals surface area contributed by atoms with Gasteiger partial charge in [-0.25, -0.2) is 0 Å². The molecule has 5 rings (SSSR count). The molecule has 0 amide bonds. The van der Waals surface area contributed by atoms with E-state index < -0.39 is 0 Å². The summed E-state index contributed by atoms with van der Waals surface area (Å²) >= 11 is 12.1. The third-order valence-corrected chi connectivity index (χ3v) is 7.61. The predicted molar refractivity (Wildman–Crippen MR) is 143 cm³/mol. The maximum absolute atomic E-state index is 12.4. The molecule has 2 unspecified atom stereocenters. The number of hydrogen-bond acceptors (Lipinski definition) is 6. The minimum absolute atomic E-state index is 0.204. The fraction of sp³-hybridized carbons (Fsp3) is 0.345. The number of benzene rings is 3. The predicted octanol–water partition coefficient (Wildman–Crippen LogP) is 6.39. The van der Waals surface area contributed by atoms with Crippen LogP contribution in [0.5, 0.6) is 17.2 Å². The molecule has 0 aliphatic carbocycles. The maximum Gasteiger partial charge on any atom is 0.323 e. The van der Waals surface area contributed by atoms with Crippen LogP contribution in [0.2, 0.25) is 10.0 Å². The van der Waals surface area contributed by atoms with Crippen LogP contribution in [0.1, 0.15) is 42.2 Å². The van der Waals surface area contributed by atoms with Gasteiger partial charge >= 0.3 is 5.97 Å². The third kappa shape index (κ3) is 5.52. The van der Waals surface area contributed by atoms with Crippen LogP contribution in [0.25, 0.3) is 0 Å². The van der Waals surface area contributed by atoms with Gasteiger partial charge in [-0.05, 0) is 78.9 Å². The van der Waals surface area contributed by atoms with E-state index >= 15 is 0 Å². The number of fused-ring (bicyclic) bond motifs is 2. The zero-order valence-electron chi connectivity index (χ0n) is 21.0. The largest absolute Gasteiger partial charge is 0.489 e. The monoisotopic (exact) mass is 541 g/mol. The van der Waals surface area contributed by atoms with E-state index in [2.05, 4.69) is 24.8 Å². The molecule has 194 valence electrons. The fourth-order valence-electron chi connectivity index (χ4n) is 4.81. The molecule has 0 radical (unpaired) electrons. The van der Waals surface area contributed by atoms with E-state index in [0.29, 0.717) is 42.0 Å². The summed E-state index contributed by atoms with van der Waals surface area (Å²) in [6.45, 7) is 5.62. The number of methoxy groups -OCH3 is 1. The van der Waals surface area contributed by atoms with E-state index in [1.54, 1.807) is 12.1 Å². The number of carbonyl (C=O) groups is 1. The molecule has 2 aliphatic heterocycles. The van der Waals surface area contributed by atoms with Gasteiger partial charge in [0.15, 0.2) is 17.6 Å². The second-order valence-electron chi connectivity index (χ2n) is 9.60. The first-order valence-electron chi connectivity index (χ1n) is 12.3. The summed E-state index contributed by atoms with van der Waals surface area (Å²) in [4.78, 5) is 14.6. The van der Waals surface area contributed by atoms with Crippen molar-refractivity contribution in [3.8, 4) is 17.2 Å². The minimum atomic E-state index is -0.301. The van der Waals surface area contributed by atoms with Gasteiger partial charge < -0.3 is 18.9 Å². The Morgan fingerprint density at radius 2 is 1.78 bits per heavy atom. The Morgan fingerprint density at radius 1 is 1.03 bits per heavy atom. The van der Waals surface area contributed by atoms with Crippen molar-refractivity contribution < 1.29 is 23.7 Å². The number of ether oxygens (including phenoxy) is 4. The fourth-order valence-corrected chi connectivity index (χ4v) is 5.13. The molecule has 37 heavy (non-hydrogen) atoms. The summed E-state index contributed by atoms with van der Waals surface area (Å²) in [6, 6.07) is 17.2. The number of rotatable bonds is 6. The van der Waals surface area contributed by atoms with Gasteiger partial charge in [-0.15, -0.1) is 0 Å². The van der Waals surface area contributed by atoms with Crippen LogP contribution in [-0.2, 0) is 29.1 Å². The highest BCUT2D eigenvalue weighted by atomic mass is 35.5. The van der Waals surface area contributed by atoms with Crippen LogP contribution in [0.3, 0.4) is 0 Å². The average Bonchev–Trinajstić information content (AvgIpc) is 2.91. The van der Waals surface area contributed by atoms with Crippen molar-refractivity contribution in [2.75, 3.05) is 13.7 Å². The smallest absolute Gasteiger partial charge is 0.323 e. The van der Waals surface area contributed by atoms with Gasteiger partial charge in [-0.1, -0.05) is 41.4 Å². The Kier molecular flexibility index (Phi) is 7.52. The zero-order chi connectivity index (χ0) is 26.1. The molecule has 0 bridgehead atoms. The summed E-state index contributed by atoms with van der Waals surface area (Å²) in [5.74, 6) is 1.96. The Bertz CT molecular complexity index is 1290. The summed E-state index contributed by atoms with van der Waals surface area (Å²) in [6.07, 6.45) is 0.353. The van der Waals surface area contributed by atoms with E-state index in [1.807, 2.05) is 36.4 Å². The highest BCUT2D eigenvalue weighted by Crippen LogP contribution is 2.41. The molecule has 3 aromatic carbocycles. The van der Waals surface area contributed by atoms with Crippen LogP contribution in [0.4, 0.5) is 0 Å². The maximum atomic E-state index is 12.4. The molecular weight excluding hydrogens is 513 g/mol. The highest BCUT2D eigenvalue weighted by molar-refractivity contribution is 6.42. The lowest BCUT2D eigenvalue weighted by molar-refractivity contribution is -0.148. The second kappa shape index (κ2) is 10.8. The SMILES string of the molecule is COC(=O)C1Cc2cc3c(cc2CN1C(C)C)OC(c1ccc(OCc2ccc(Cl)c(Cl)c2)cc1)CO3. The first kappa shape index (κ1) is 25.7. The van der Waals surface area contributed by atoms with Crippen molar-refractivity contribution in [1.29, 1.82) is 0 Å². The van der Waals surface area contributed by atoms with Crippen LogP contribution < -0.4 is 14.2 Å². The first-order chi connectivity index (χ1) is 17.8. The molecule has 0 fully saturated rings. The number of halogens is 2. The van der Waals surface area contributed by atoms with Crippen LogP contribution >= 0.6 is 23.2 Å². The number of esters is 1. The molecule has 0 spiro atoms. The average molecular weight is 542 g/mol. The summed E-state index contributed by atoms with van der Waals surface area (Å²) in [5, 5.41) is 1.03. The Morgan fingerprint density at radius 3 is 2.49 bits per heavy atom. The molecule has 2 aliphatic rings. The van der Waals surface area contributed by atoms with Gasteiger partial charge in [0, 0.05) is 12.6 Å². The van der Waals surface area contributed by atoms with Gasteiger partial charge in [0.05, 0.1) is 17.2 Å². The number of hydrogen-bond donors (Lipinski definition) is 0. The lowest BCUT2D eigenvalue weighted by Crippen LogP contribution is -2.49. The number of nitrogens with zero attached hydrogens (tertiary/aromatic N) is 1. The molecule has 0 saturated heterocycles. The molecule has 0 saturated carbocycles. The topological polar surface area (TPSA) is 57.2 Å². The van der Waals surface area contributed by atoms with Crippen molar-refractivity contribution in [2.24, 2.45) is 0 Å². The summed E-state index contributed by atoms with van der Waals surface area (Å²) in [5.41, 5.74) is 4.18. The van der Waals surface area contributed by atoms with Gasteiger partial charge in [-0.2, -0.15) is 0 Å². The third-order valence-electron chi connectivity index (χ3n) is 6.87. The van der Waals surface area contributed by atoms with Gasteiger partial charge in [0.2, 0.25) is 0 Å². The van der Waals surface area contributed by atoms with Crippen molar-refractivity contribution >= 4 is 29.2 Å². The molecule has 2 heterocycles. The molecule has 6 nitrogen and oxygen atoms in total. The van der Waals surface area contributed by atoms with Crippen molar-refractivity contribution in [3.63, 3.8) is 0 Å². The molecule has 0 N–H and O–H groups in total. The van der Waals surface area contributed by atoms with Gasteiger partial charge in [0.1, 0.15) is 25.0 Å². The van der Waals surface area contributed by atoms with E-state index in [0.717, 1.165) is 33.8 Å². The van der Waals surface area contributed by atoms with E-state index in [-0.39, 0.29) is 24.2 Å². The van der Waals surface area contributed by atoms with E-state index in [1.165, 1.54) is 7.11 Å². The molecule has 8 heteroatoms. The quantitative estimate of drug-likeness (QED) is 0.337. The second-order valence-corrected chi connectivity index (χ2v) is 10.4. The standard InChI is InChI=1S/C29H29Cl2NO5/c1-17(2)32-14-21-13-27-26(12-20(21)11-25(32)29(33)34-3)36-16-28(37-27)19-5-7-22(8-6-19)35-15-18-4-9-23(30)24(31)10-18/h4-10,12-13,17,25,28H,11,14-16H2,1-3H3. The minimum Gasteiger partial charge on any atom is -0.489 e. The zero-order valence-corrected chi connectivity index (χ0v) is 22.5. The van der Waals surface area contributed by atoms with Crippen LogP contribution in [0, 0.1) is 0 Å². The Balaban J connectivity index is 1.27. The Hall–Kier alpha value is -2.93. The lowest BCUT2D eigenvalue weighted by Gasteiger charge is -2.38. The molecule has 3 aromatic rings. The summed E-state index contributed by atoms with van der Waals surface area (Å²) in [7, 11) is 1.44. The normalized spacial score (nSPS) is 18.9. The van der Waals surface area contributed by atoms with E-state index in [4.69, 9.17) is 42.1 Å². The van der Waals surface area contributed by atoms with Gasteiger partial charge in [0.25, 0.3) is 0 Å². The van der Waals surface area contributed by atoms with Crippen LogP contribution in [-0.4, -0.2) is 36.7 Å². The van der Waals surface area contributed by atoms with Crippen molar-refractivity contribution in [1.82, 2.24) is 4.90 Å². The lowest BCUT2D eigenvalue weighted by atomic mass is 9.92. The molecule has 0 aromatic heterocycles. The van der Waals surface area contributed by atoms with Crippen molar-refractivity contribution in [3.05, 3.63) is 86.9 Å². The van der Waals surface area contributed by atoms with E-state index in [9.17, 15) is 4.79 Å². The summed E-state index contributed by atoms with van der Waals surface area (Å²) < 4.78 is 23.4. The highest BCUT2D eigenvalue weighted by Gasteiger charge is 2.35.